The first-order chi connectivity index (χ1) is 16.2. The van der Waals surface area contributed by atoms with Crippen molar-refractivity contribution in [3.63, 3.8) is 0 Å². The van der Waals surface area contributed by atoms with E-state index in [1.54, 1.807) is 14.2 Å². The summed E-state index contributed by atoms with van der Waals surface area (Å²) in [4.78, 5) is 13.3. The lowest BCUT2D eigenvalue weighted by Crippen LogP contribution is -2.41. The van der Waals surface area contributed by atoms with E-state index in [1.807, 2.05) is 4.90 Å². The van der Waals surface area contributed by atoms with E-state index in [-0.39, 0.29) is 17.2 Å². The molecule has 2 rings (SSSR count). The number of halogens is 3. The highest BCUT2D eigenvalue weighted by Crippen LogP contribution is 2.30. The fourth-order valence-corrected chi connectivity index (χ4v) is 3.88. The van der Waals surface area contributed by atoms with Crippen molar-refractivity contribution < 1.29 is 32.5 Å². The molecule has 0 spiro atoms. The summed E-state index contributed by atoms with van der Waals surface area (Å²) in [5.74, 6) is -3.44. The Morgan fingerprint density at radius 2 is 1.74 bits per heavy atom. The number of terminal acetylenes is 1. The van der Waals surface area contributed by atoms with E-state index in [2.05, 4.69) is 12.8 Å². The quantitative estimate of drug-likeness (QED) is 0.255. The molecule has 0 aliphatic rings. The maximum Gasteiger partial charge on any atom is 0.258 e. The lowest BCUT2D eigenvalue weighted by Gasteiger charge is -2.24. The molecule has 34 heavy (non-hydrogen) atoms. The van der Waals surface area contributed by atoms with Crippen LogP contribution in [0.25, 0.3) is 0 Å². The van der Waals surface area contributed by atoms with Crippen molar-refractivity contribution in [2.24, 2.45) is 0 Å². The highest BCUT2D eigenvalue weighted by atomic mass is 35.5. The second-order valence-electron chi connectivity index (χ2n) is 6.72. The first-order valence-corrected chi connectivity index (χ1v) is 11.3. The summed E-state index contributed by atoms with van der Waals surface area (Å²) in [5.41, 5.74) is 1.46. The summed E-state index contributed by atoms with van der Waals surface area (Å²) >= 11 is 5.78. The average molecular weight is 518 g/mol. The lowest BCUT2D eigenvalue weighted by atomic mass is 10.3. The summed E-state index contributed by atoms with van der Waals surface area (Å²) < 4.78 is 53.6. The molecule has 186 valence electrons. The van der Waals surface area contributed by atoms with E-state index >= 15 is 0 Å². The van der Waals surface area contributed by atoms with Crippen LogP contribution in [0.1, 0.15) is 0 Å². The summed E-state index contributed by atoms with van der Waals surface area (Å²) in [5, 5.41) is 9.25. The molecule has 8 nitrogen and oxygen atoms in total. The zero-order valence-corrected chi connectivity index (χ0v) is 20.2. The first-order valence-electron chi connectivity index (χ1n) is 9.78. The number of benzene rings is 2. The van der Waals surface area contributed by atoms with Crippen molar-refractivity contribution in [1.82, 2.24) is 14.7 Å². The average Bonchev–Trinajstić information content (AvgIpc) is 2.84. The maximum absolute atomic E-state index is 14.6. The van der Waals surface area contributed by atoms with Gasteiger partial charge in [0.15, 0.2) is 17.4 Å². The molecule has 0 radical (unpaired) electrons. The molecule has 0 fully saturated rings. The van der Waals surface area contributed by atoms with Crippen LogP contribution < -0.4 is 10.2 Å². The molecule has 12 heteroatoms. The van der Waals surface area contributed by atoms with Crippen LogP contribution in [-0.4, -0.2) is 71.5 Å². The third-order valence-electron chi connectivity index (χ3n) is 4.29. The SMILES string of the molecule is C#C.COCCN(C)CCN(CC(=O)NO)S(=O)c1cc(F)c(Oc2ccc(Cl)cc2)c(F)c1. The van der Waals surface area contributed by atoms with Crippen LogP contribution in [0.3, 0.4) is 0 Å². The Balaban J connectivity index is 0.00000281. The van der Waals surface area contributed by atoms with E-state index in [0.29, 0.717) is 24.7 Å². The van der Waals surface area contributed by atoms with Gasteiger partial charge in [-0.2, -0.15) is 0 Å². The van der Waals surface area contributed by atoms with Crippen LogP contribution in [0.15, 0.2) is 41.3 Å². The molecular formula is C22H26ClF2N3O5S. The van der Waals surface area contributed by atoms with Gasteiger partial charge in [0.1, 0.15) is 16.7 Å². The number of likely N-dealkylation sites (N-methyl/N-ethyl adjacent to an activating group) is 1. The van der Waals surface area contributed by atoms with Crippen molar-refractivity contribution in [3.8, 4) is 24.3 Å². The van der Waals surface area contributed by atoms with Gasteiger partial charge in [-0.25, -0.2) is 22.8 Å². The normalized spacial score (nSPS) is 11.6. The minimum absolute atomic E-state index is 0.118. The molecule has 2 aromatic rings. The molecule has 0 aliphatic carbocycles. The third kappa shape index (κ3) is 9.34. The van der Waals surface area contributed by atoms with Crippen LogP contribution in [0, 0.1) is 24.5 Å². The largest absolute Gasteiger partial charge is 0.451 e. The summed E-state index contributed by atoms with van der Waals surface area (Å²) in [6, 6.07) is 7.66. The minimum Gasteiger partial charge on any atom is -0.451 e. The third-order valence-corrected chi connectivity index (χ3v) is 5.97. The Hall–Kier alpha value is -2.59. The van der Waals surface area contributed by atoms with Crippen LogP contribution in [0.5, 0.6) is 11.5 Å². The molecule has 0 aromatic heterocycles. The standard InChI is InChI=1S/C20H24ClF2N3O5S.C2H2/c1-25(9-10-30-2)7-8-26(13-19(27)24-28)32(29)16-11-17(22)20(18(23)12-16)31-15-5-3-14(21)4-6-15;1-2/h3-6,11-12,28H,7-10,13H2,1-2H3,(H,24,27);1-2H. The van der Waals surface area contributed by atoms with E-state index in [4.69, 9.17) is 26.3 Å². The molecule has 2 aromatic carbocycles. The summed E-state index contributed by atoms with van der Waals surface area (Å²) in [6.45, 7) is 1.11. The number of hydroxylamine groups is 1. The van der Waals surface area contributed by atoms with Crippen molar-refractivity contribution >= 4 is 28.5 Å². The highest BCUT2D eigenvalue weighted by Gasteiger charge is 2.23. The van der Waals surface area contributed by atoms with Crippen molar-refractivity contribution in [3.05, 3.63) is 53.1 Å². The highest BCUT2D eigenvalue weighted by molar-refractivity contribution is 7.82. The number of carbonyl (C=O) groups excluding carboxylic acids is 1. The van der Waals surface area contributed by atoms with E-state index < -0.39 is 40.8 Å². The van der Waals surface area contributed by atoms with Gasteiger partial charge in [-0.05, 0) is 43.4 Å². The van der Waals surface area contributed by atoms with Crippen LogP contribution in [0.4, 0.5) is 8.78 Å². The molecule has 0 heterocycles. The molecule has 1 atom stereocenters. The van der Waals surface area contributed by atoms with Gasteiger partial charge in [-0.1, -0.05) is 11.6 Å². The molecule has 0 saturated carbocycles. The first kappa shape index (κ1) is 29.4. The van der Waals surface area contributed by atoms with Crippen LogP contribution in [-0.2, 0) is 20.5 Å². The van der Waals surface area contributed by atoms with Gasteiger partial charge in [0.2, 0.25) is 0 Å². The molecule has 1 unspecified atom stereocenters. The van der Waals surface area contributed by atoms with Crippen molar-refractivity contribution in [2.75, 3.05) is 46.9 Å². The number of hydrogen-bond acceptors (Lipinski definition) is 6. The van der Waals surface area contributed by atoms with Gasteiger partial charge in [-0.3, -0.25) is 10.0 Å². The van der Waals surface area contributed by atoms with Gasteiger partial charge >= 0.3 is 0 Å². The van der Waals surface area contributed by atoms with E-state index in [0.717, 1.165) is 12.1 Å². The number of nitrogens with one attached hydrogen (secondary N) is 1. The Kier molecular flexibility index (Phi) is 13.3. The predicted octanol–water partition coefficient (Wildman–Crippen LogP) is 3.07. The van der Waals surface area contributed by atoms with Gasteiger partial charge in [-0.15, -0.1) is 12.8 Å². The Morgan fingerprint density at radius 1 is 1.15 bits per heavy atom. The summed E-state index contributed by atoms with van der Waals surface area (Å²) in [7, 11) is 1.27. The Labute approximate surface area is 204 Å². The molecular weight excluding hydrogens is 492 g/mol. The fraction of sp³-hybridized carbons (Fsp3) is 0.318. The molecule has 0 saturated heterocycles. The maximum atomic E-state index is 14.6. The van der Waals surface area contributed by atoms with Crippen LogP contribution in [0.2, 0.25) is 5.02 Å². The number of ether oxygens (including phenoxy) is 2. The Bertz CT molecular complexity index is 956. The topological polar surface area (TPSA) is 91.3 Å². The fourth-order valence-electron chi connectivity index (χ4n) is 2.56. The molecule has 0 bridgehead atoms. The zero-order valence-electron chi connectivity index (χ0n) is 18.7. The number of hydrogen-bond donors (Lipinski definition) is 2. The number of methoxy groups -OCH3 is 1. The van der Waals surface area contributed by atoms with Gasteiger partial charge in [0.25, 0.3) is 5.91 Å². The van der Waals surface area contributed by atoms with Gasteiger partial charge in [0, 0.05) is 31.8 Å². The Morgan fingerprint density at radius 3 is 2.26 bits per heavy atom. The number of rotatable bonds is 12. The zero-order chi connectivity index (χ0) is 25.7. The second-order valence-corrected chi connectivity index (χ2v) is 8.64. The smallest absolute Gasteiger partial charge is 0.258 e. The summed E-state index contributed by atoms with van der Waals surface area (Å²) in [6.07, 6.45) is 8.00. The molecule has 2 N–H and O–H groups in total. The van der Waals surface area contributed by atoms with Crippen molar-refractivity contribution in [2.45, 2.75) is 4.90 Å². The molecule has 0 aliphatic heterocycles. The number of nitrogens with zero attached hydrogens (tertiary/aromatic N) is 2. The van der Waals surface area contributed by atoms with E-state index in [9.17, 15) is 17.8 Å². The predicted molar refractivity (Wildman–Crippen MR) is 125 cm³/mol. The minimum atomic E-state index is -2.09. The van der Waals surface area contributed by atoms with Gasteiger partial charge < -0.3 is 14.4 Å². The second kappa shape index (κ2) is 15.3. The monoisotopic (exact) mass is 517 g/mol. The van der Waals surface area contributed by atoms with E-state index in [1.165, 1.54) is 34.1 Å². The number of amides is 1. The lowest BCUT2D eigenvalue weighted by molar-refractivity contribution is -0.129. The van der Waals surface area contributed by atoms with Crippen molar-refractivity contribution in [1.29, 1.82) is 0 Å². The van der Waals surface area contributed by atoms with Crippen LogP contribution >= 0.6 is 11.6 Å². The van der Waals surface area contributed by atoms with Gasteiger partial charge in [0.05, 0.1) is 18.0 Å². The number of carbonyl (C=O) groups is 1. The molecule has 1 amide bonds.